The van der Waals surface area contributed by atoms with Gasteiger partial charge in [0.25, 0.3) is 0 Å². The summed E-state index contributed by atoms with van der Waals surface area (Å²) in [5.41, 5.74) is 5.17. The average Bonchev–Trinajstić information content (AvgIpc) is 3.00. The van der Waals surface area contributed by atoms with Gasteiger partial charge in [-0.1, -0.05) is 18.2 Å². The van der Waals surface area contributed by atoms with E-state index in [0.29, 0.717) is 13.0 Å². The van der Waals surface area contributed by atoms with E-state index >= 15 is 0 Å². The van der Waals surface area contributed by atoms with E-state index in [9.17, 15) is 18.8 Å². The van der Waals surface area contributed by atoms with Crippen molar-refractivity contribution < 1.29 is 23.5 Å². The number of nitrogens with zero attached hydrogens (tertiary/aromatic N) is 1. The molecule has 1 saturated heterocycles. The van der Waals surface area contributed by atoms with Gasteiger partial charge in [-0.3, -0.25) is 14.4 Å². The van der Waals surface area contributed by atoms with Crippen molar-refractivity contribution in [2.75, 3.05) is 19.7 Å². The fourth-order valence-corrected chi connectivity index (χ4v) is 2.63. The number of likely N-dealkylation sites (tertiary alicyclic amines) is 1. The molecule has 2 unspecified atom stereocenters. The number of alkyl halides is 1. The molecule has 1 aromatic rings. The number of hydrogen-bond acceptors (Lipinski definition) is 4. The van der Waals surface area contributed by atoms with Crippen molar-refractivity contribution in [3.8, 4) is 5.75 Å². The van der Waals surface area contributed by atoms with Crippen LogP contribution >= 0.6 is 0 Å². The molecule has 1 aromatic carbocycles. The maximum absolute atomic E-state index is 13.4. The van der Waals surface area contributed by atoms with Gasteiger partial charge in [-0.15, -0.1) is 0 Å². The Hall–Kier alpha value is -2.64. The summed E-state index contributed by atoms with van der Waals surface area (Å²) in [5.74, 6) is -0.835. The van der Waals surface area contributed by atoms with E-state index < -0.39 is 24.0 Å². The van der Waals surface area contributed by atoms with Gasteiger partial charge in [0.2, 0.25) is 17.7 Å². The van der Waals surface area contributed by atoms with Crippen LogP contribution in [0.4, 0.5) is 4.39 Å². The molecule has 0 aliphatic carbocycles. The quantitative estimate of drug-likeness (QED) is 0.661. The fourth-order valence-electron chi connectivity index (χ4n) is 2.63. The number of primary amides is 1. The van der Waals surface area contributed by atoms with Crippen LogP contribution in [0.3, 0.4) is 0 Å². The first kappa shape index (κ1) is 18.7. The number of nitrogens with two attached hydrogens (primary N) is 1. The average molecular weight is 351 g/mol. The zero-order valence-electron chi connectivity index (χ0n) is 13.8. The standard InChI is InChI=1S/C17H22FN3O4/c18-12-9-14(17(19)24)21(11-12)16(23)10-20-15(22)7-4-8-25-13-5-2-1-3-6-13/h1-3,5-6,12,14H,4,7-11H2,(H2,19,24)(H,20,22). The van der Waals surface area contributed by atoms with E-state index in [1.54, 1.807) is 0 Å². The van der Waals surface area contributed by atoms with Crippen LogP contribution < -0.4 is 15.8 Å². The van der Waals surface area contributed by atoms with E-state index in [4.69, 9.17) is 10.5 Å². The first-order chi connectivity index (χ1) is 12.0. The molecule has 3 amide bonds. The Morgan fingerprint density at radius 1 is 1.28 bits per heavy atom. The first-order valence-corrected chi connectivity index (χ1v) is 8.14. The van der Waals surface area contributed by atoms with Gasteiger partial charge in [-0.25, -0.2) is 4.39 Å². The van der Waals surface area contributed by atoms with Crippen LogP contribution in [0.1, 0.15) is 19.3 Å². The second kappa shape index (κ2) is 9.00. The maximum Gasteiger partial charge on any atom is 0.242 e. The zero-order valence-corrected chi connectivity index (χ0v) is 13.8. The SMILES string of the molecule is NC(=O)C1CC(F)CN1C(=O)CNC(=O)CCCOc1ccccc1. The molecule has 0 bridgehead atoms. The topological polar surface area (TPSA) is 102 Å². The van der Waals surface area contributed by atoms with Crippen molar-refractivity contribution in [2.45, 2.75) is 31.5 Å². The summed E-state index contributed by atoms with van der Waals surface area (Å²) in [4.78, 5) is 36.1. The van der Waals surface area contributed by atoms with Crippen LogP contribution in [-0.2, 0) is 14.4 Å². The monoisotopic (exact) mass is 351 g/mol. The van der Waals surface area contributed by atoms with Crippen molar-refractivity contribution in [1.29, 1.82) is 0 Å². The van der Waals surface area contributed by atoms with Gasteiger partial charge in [-0.05, 0) is 18.6 Å². The third-order valence-electron chi connectivity index (χ3n) is 3.90. The number of carbonyl (C=O) groups excluding carboxylic acids is 3. The molecule has 2 atom stereocenters. The summed E-state index contributed by atoms with van der Waals surface area (Å²) in [6, 6.07) is 8.29. The van der Waals surface area contributed by atoms with Crippen molar-refractivity contribution in [2.24, 2.45) is 5.73 Å². The first-order valence-electron chi connectivity index (χ1n) is 8.14. The number of para-hydroxylation sites is 1. The second-order valence-electron chi connectivity index (χ2n) is 5.84. The number of rotatable bonds is 8. The summed E-state index contributed by atoms with van der Waals surface area (Å²) < 4.78 is 18.9. The highest BCUT2D eigenvalue weighted by molar-refractivity contribution is 5.90. The predicted molar refractivity (Wildman–Crippen MR) is 88.4 cm³/mol. The second-order valence-corrected chi connectivity index (χ2v) is 5.84. The van der Waals surface area contributed by atoms with Gasteiger partial charge in [-0.2, -0.15) is 0 Å². The number of carbonyl (C=O) groups is 3. The highest BCUT2D eigenvalue weighted by Gasteiger charge is 2.38. The lowest BCUT2D eigenvalue weighted by Gasteiger charge is -2.21. The lowest BCUT2D eigenvalue weighted by atomic mass is 10.2. The minimum absolute atomic E-state index is 0.0914. The van der Waals surface area contributed by atoms with Crippen LogP contribution in [0.5, 0.6) is 5.75 Å². The van der Waals surface area contributed by atoms with Crippen LogP contribution in [0.15, 0.2) is 30.3 Å². The van der Waals surface area contributed by atoms with Crippen molar-refractivity contribution in [1.82, 2.24) is 10.2 Å². The number of nitrogens with one attached hydrogen (secondary N) is 1. The summed E-state index contributed by atoms with van der Waals surface area (Å²) in [6.45, 7) is -0.0765. The molecule has 0 saturated carbocycles. The summed E-state index contributed by atoms with van der Waals surface area (Å²) in [5, 5.41) is 2.47. The lowest BCUT2D eigenvalue weighted by Crippen LogP contribution is -2.47. The smallest absolute Gasteiger partial charge is 0.242 e. The Morgan fingerprint density at radius 3 is 2.68 bits per heavy atom. The Morgan fingerprint density at radius 2 is 2.00 bits per heavy atom. The predicted octanol–water partition coefficient (Wildman–Crippen LogP) is 0.386. The zero-order chi connectivity index (χ0) is 18.2. The molecule has 25 heavy (non-hydrogen) atoms. The van der Waals surface area contributed by atoms with E-state index in [1.807, 2.05) is 30.3 Å². The number of benzene rings is 1. The lowest BCUT2D eigenvalue weighted by molar-refractivity contribution is -0.137. The molecule has 0 aromatic heterocycles. The van der Waals surface area contributed by atoms with Gasteiger partial charge < -0.3 is 20.7 Å². The van der Waals surface area contributed by atoms with Gasteiger partial charge in [0.05, 0.1) is 19.7 Å². The number of halogens is 1. The van der Waals surface area contributed by atoms with Crippen molar-refractivity contribution in [3.63, 3.8) is 0 Å². The Labute approximate surface area is 145 Å². The minimum Gasteiger partial charge on any atom is -0.494 e. The van der Waals surface area contributed by atoms with Crippen molar-refractivity contribution >= 4 is 17.7 Å². The molecule has 2 rings (SSSR count). The van der Waals surface area contributed by atoms with E-state index in [1.165, 1.54) is 0 Å². The molecule has 1 aliphatic rings. The fraction of sp³-hybridized carbons (Fsp3) is 0.471. The van der Waals surface area contributed by atoms with Gasteiger partial charge >= 0.3 is 0 Å². The van der Waals surface area contributed by atoms with Crippen LogP contribution in [0.25, 0.3) is 0 Å². The van der Waals surface area contributed by atoms with Gasteiger partial charge in [0.1, 0.15) is 18.0 Å². The Kier molecular flexibility index (Phi) is 6.73. The van der Waals surface area contributed by atoms with Crippen molar-refractivity contribution in [3.05, 3.63) is 30.3 Å². The van der Waals surface area contributed by atoms with E-state index in [0.717, 1.165) is 10.6 Å². The molecule has 1 heterocycles. The molecule has 136 valence electrons. The molecule has 1 aliphatic heterocycles. The molecule has 7 nitrogen and oxygen atoms in total. The molecule has 8 heteroatoms. The molecular formula is C17H22FN3O4. The largest absolute Gasteiger partial charge is 0.494 e. The summed E-state index contributed by atoms with van der Waals surface area (Å²) >= 11 is 0. The Bertz CT molecular complexity index is 611. The highest BCUT2D eigenvalue weighted by Crippen LogP contribution is 2.20. The van der Waals surface area contributed by atoms with Crippen LogP contribution in [-0.4, -0.2) is 54.5 Å². The number of hydrogen-bond donors (Lipinski definition) is 2. The molecular weight excluding hydrogens is 329 g/mol. The van der Waals surface area contributed by atoms with Gasteiger partial charge in [0, 0.05) is 12.8 Å². The third kappa shape index (κ3) is 5.74. The minimum atomic E-state index is -1.27. The summed E-state index contributed by atoms with van der Waals surface area (Å²) in [6.07, 6.45) is -0.668. The van der Waals surface area contributed by atoms with E-state index in [2.05, 4.69) is 5.32 Å². The molecule has 0 radical (unpaired) electrons. The van der Waals surface area contributed by atoms with Crippen LogP contribution in [0, 0.1) is 0 Å². The Balaban J connectivity index is 1.65. The summed E-state index contributed by atoms with van der Waals surface area (Å²) in [7, 11) is 0. The maximum atomic E-state index is 13.4. The van der Waals surface area contributed by atoms with Gasteiger partial charge in [0.15, 0.2) is 0 Å². The number of amides is 3. The number of ether oxygens (including phenoxy) is 1. The molecule has 0 spiro atoms. The van der Waals surface area contributed by atoms with E-state index in [-0.39, 0.29) is 31.8 Å². The van der Waals surface area contributed by atoms with Crippen LogP contribution in [0.2, 0.25) is 0 Å². The molecule has 3 N–H and O–H groups in total. The highest BCUT2D eigenvalue weighted by atomic mass is 19.1. The molecule has 1 fully saturated rings. The third-order valence-corrected chi connectivity index (χ3v) is 3.90. The normalized spacial score (nSPS) is 19.5.